The lowest BCUT2D eigenvalue weighted by molar-refractivity contribution is 0.0600. The van der Waals surface area contributed by atoms with E-state index >= 15 is 0 Å². The van der Waals surface area contributed by atoms with Gasteiger partial charge in [0.2, 0.25) is 0 Å². The number of halogens is 1. The quantitative estimate of drug-likeness (QED) is 0.721. The van der Waals surface area contributed by atoms with Crippen LogP contribution in [0.2, 0.25) is 0 Å². The molecule has 2 rings (SSSR count). The third-order valence-corrected chi connectivity index (χ3v) is 4.10. The van der Waals surface area contributed by atoms with E-state index in [-0.39, 0.29) is 16.7 Å². The van der Waals surface area contributed by atoms with Gasteiger partial charge in [0.05, 0.1) is 12.7 Å². The molecule has 0 radical (unpaired) electrons. The summed E-state index contributed by atoms with van der Waals surface area (Å²) < 4.78 is 24.1. The molecule has 122 valence electrons. The molecule has 0 N–H and O–H groups in total. The highest BCUT2D eigenvalue weighted by atomic mass is 19.1. The maximum atomic E-state index is 14.0. The average molecular weight is 316 g/mol. The van der Waals surface area contributed by atoms with Crippen molar-refractivity contribution in [3.8, 4) is 11.5 Å². The van der Waals surface area contributed by atoms with Crippen molar-refractivity contribution in [2.75, 3.05) is 7.11 Å². The molecular weight excluding hydrogens is 295 g/mol. The SMILES string of the molecule is CCC(C)(C)c1ccc(Oc2ccc(C(=O)OC)cc2F)cc1. The molecule has 2 aromatic rings. The van der Waals surface area contributed by atoms with Gasteiger partial charge in [-0.3, -0.25) is 0 Å². The second kappa shape index (κ2) is 6.82. The summed E-state index contributed by atoms with van der Waals surface area (Å²) in [4.78, 5) is 11.4. The molecule has 0 aliphatic carbocycles. The Morgan fingerprint density at radius 2 is 1.78 bits per heavy atom. The van der Waals surface area contributed by atoms with Crippen LogP contribution in [0.1, 0.15) is 43.1 Å². The van der Waals surface area contributed by atoms with Crippen molar-refractivity contribution in [3.63, 3.8) is 0 Å². The maximum absolute atomic E-state index is 14.0. The minimum Gasteiger partial charge on any atom is -0.465 e. The minimum atomic E-state index is -0.606. The number of hydrogen-bond acceptors (Lipinski definition) is 3. The van der Waals surface area contributed by atoms with Crippen molar-refractivity contribution in [3.05, 3.63) is 59.4 Å². The van der Waals surface area contributed by atoms with Crippen LogP contribution in [0.5, 0.6) is 11.5 Å². The lowest BCUT2D eigenvalue weighted by Crippen LogP contribution is -2.14. The number of hydrogen-bond donors (Lipinski definition) is 0. The van der Waals surface area contributed by atoms with E-state index in [0.29, 0.717) is 5.75 Å². The lowest BCUT2D eigenvalue weighted by atomic mass is 9.82. The topological polar surface area (TPSA) is 35.5 Å². The van der Waals surface area contributed by atoms with Crippen LogP contribution in [-0.2, 0) is 10.2 Å². The van der Waals surface area contributed by atoms with Gasteiger partial charge in [0, 0.05) is 0 Å². The van der Waals surface area contributed by atoms with E-state index in [4.69, 9.17) is 4.74 Å². The molecule has 0 heterocycles. The van der Waals surface area contributed by atoms with Gasteiger partial charge in [0.1, 0.15) is 5.75 Å². The molecule has 3 nitrogen and oxygen atoms in total. The third kappa shape index (κ3) is 3.89. The summed E-state index contributed by atoms with van der Waals surface area (Å²) in [6, 6.07) is 11.6. The lowest BCUT2D eigenvalue weighted by Gasteiger charge is -2.23. The Morgan fingerprint density at radius 3 is 2.30 bits per heavy atom. The van der Waals surface area contributed by atoms with Crippen LogP contribution in [-0.4, -0.2) is 13.1 Å². The van der Waals surface area contributed by atoms with E-state index in [2.05, 4.69) is 25.5 Å². The summed E-state index contributed by atoms with van der Waals surface area (Å²) in [6.07, 6.45) is 1.02. The van der Waals surface area contributed by atoms with E-state index in [1.165, 1.54) is 24.8 Å². The van der Waals surface area contributed by atoms with Gasteiger partial charge in [0.25, 0.3) is 0 Å². The molecule has 0 fully saturated rings. The number of carbonyl (C=O) groups is 1. The average Bonchev–Trinajstić information content (AvgIpc) is 2.56. The van der Waals surface area contributed by atoms with E-state index in [1.54, 1.807) is 0 Å². The van der Waals surface area contributed by atoms with Crippen LogP contribution in [0.15, 0.2) is 42.5 Å². The zero-order valence-electron chi connectivity index (χ0n) is 13.9. The highest BCUT2D eigenvalue weighted by molar-refractivity contribution is 5.89. The summed E-state index contributed by atoms with van der Waals surface area (Å²) in [5.74, 6) is -0.571. The van der Waals surface area contributed by atoms with E-state index < -0.39 is 11.8 Å². The molecule has 0 aliphatic rings. The fourth-order valence-corrected chi connectivity index (χ4v) is 2.13. The highest BCUT2D eigenvalue weighted by Gasteiger charge is 2.18. The van der Waals surface area contributed by atoms with Gasteiger partial charge in [-0.25, -0.2) is 9.18 Å². The van der Waals surface area contributed by atoms with Crippen LogP contribution in [0.25, 0.3) is 0 Å². The summed E-state index contributed by atoms with van der Waals surface area (Å²) in [5, 5.41) is 0. The predicted octanol–water partition coefficient (Wildman–Crippen LogP) is 5.09. The van der Waals surface area contributed by atoms with Crippen LogP contribution in [0.4, 0.5) is 4.39 Å². The molecule has 23 heavy (non-hydrogen) atoms. The van der Waals surface area contributed by atoms with Gasteiger partial charge < -0.3 is 9.47 Å². The third-order valence-electron chi connectivity index (χ3n) is 4.10. The summed E-state index contributed by atoms with van der Waals surface area (Å²) >= 11 is 0. The molecule has 0 saturated heterocycles. The number of methoxy groups -OCH3 is 1. The van der Waals surface area contributed by atoms with Gasteiger partial charge in [-0.1, -0.05) is 32.9 Å². The largest absolute Gasteiger partial charge is 0.465 e. The maximum Gasteiger partial charge on any atom is 0.337 e. The smallest absolute Gasteiger partial charge is 0.337 e. The van der Waals surface area contributed by atoms with E-state index in [9.17, 15) is 9.18 Å². The Morgan fingerprint density at radius 1 is 1.13 bits per heavy atom. The van der Waals surface area contributed by atoms with Gasteiger partial charge in [-0.2, -0.15) is 0 Å². The zero-order valence-corrected chi connectivity index (χ0v) is 13.9. The van der Waals surface area contributed by atoms with Crippen molar-refractivity contribution < 1.29 is 18.7 Å². The van der Waals surface area contributed by atoms with Crippen molar-refractivity contribution in [1.29, 1.82) is 0 Å². The second-order valence-corrected chi connectivity index (χ2v) is 6.00. The number of esters is 1. The summed E-state index contributed by atoms with van der Waals surface area (Å²) in [5.41, 5.74) is 1.44. The molecular formula is C19H21FO3. The van der Waals surface area contributed by atoms with Crippen LogP contribution >= 0.6 is 0 Å². The Kier molecular flexibility index (Phi) is 5.04. The molecule has 4 heteroatoms. The van der Waals surface area contributed by atoms with Crippen molar-refractivity contribution >= 4 is 5.97 Å². The Balaban J connectivity index is 2.18. The first kappa shape index (κ1) is 17.0. The monoisotopic (exact) mass is 316 g/mol. The molecule has 0 unspecified atom stereocenters. The standard InChI is InChI=1S/C19H21FO3/c1-5-19(2,3)14-7-9-15(10-8-14)23-17-11-6-13(12-16(17)20)18(21)22-4/h6-12H,5H2,1-4H3. The number of carbonyl (C=O) groups excluding carboxylic acids is 1. The van der Waals surface area contributed by atoms with Crippen LogP contribution in [0, 0.1) is 5.82 Å². The molecule has 0 atom stereocenters. The molecule has 0 aromatic heterocycles. The van der Waals surface area contributed by atoms with Gasteiger partial charge >= 0.3 is 5.97 Å². The molecule has 0 saturated carbocycles. The first-order valence-electron chi connectivity index (χ1n) is 7.53. The molecule has 0 aliphatic heterocycles. The predicted molar refractivity (Wildman–Crippen MR) is 87.6 cm³/mol. The zero-order chi connectivity index (χ0) is 17.0. The molecule has 0 amide bonds. The molecule has 0 spiro atoms. The van der Waals surface area contributed by atoms with E-state index in [1.807, 2.05) is 24.3 Å². The number of benzene rings is 2. The Labute approximate surface area is 136 Å². The van der Waals surface area contributed by atoms with Crippen molar-refractivity contribution in [1.82, 2.24) is 0 Å². The first-order chi connectivity index (χ1) is 10.9. The summed E-state index contributed by atoms with van der Waals surface area (Å²) in [7, 11) is 1.25. The normalized spacial score (nSPS) is 11.2. The van der Waals surface area contributed by atoms with Crippen LogP contribution in [0.3, 0.4) is 0 Å². The minimum absolute atomic E-state index is 0.0696. The molecule has 0 bridgehead atoms. The van der Waals surface area contributed by atoms with Crippen molar-refractivity contribution in [2.45, 2.75) is 32.6 Å². The Bertz CT molecular complexity index is 690. The molecule has 2 aromatic carbocycles. The van der Waals surface area contributed by atoms with E-state index in [0.717, 1.165) is 12.5 Å². The highest BCUT2D eigenvalue weighted by Crippen LogP contribution is 2.30. The van der Waals surface area contributed by atoms with Crippen LogP contribution < -0.4 is 4.74 Å². The van der Waals surface area contributed by atoms with Gasteiger partial charge in [0.15, 0.2) is 11.6 Å². The fraction of sp³-hybridized carbons (Fsp3) is 0.316. The first-order valence-corrected chi connectivity index (χ1v) is 7.53. The van der Waals surface area contributed by atoms with Crippen molar-refractivity contribution in [2.24, 2.45) is 0 Å². The van der Waals surface area contributed by atoms with Gasteiger partial charge in [-0.15, -0.1) is 0 Å². The Hall–Kier alpha value is -2.36. The number of ether oxygens (including phenoxy) is 2. The van der Waals surface area contributed by atoms with Gasteiger partial charge in [-0.05, 0) is 47.7 Å². The fourth-order valence-electron chi connectivity index (χ4n) is 2.13. The second-order valence-electron chi connectivity index (χ2n) is 6.00. The number of rotatable bonds is 5. The summed E-state index contributed by atoms with van der Waals surface area (Å²) in [6.45, 7) is 6.49.